The molecule has 0 saturated heterocycles. The monoisotopic (exact) mass is 310 g/mol. The Balaban J connectivity index is 2.12. The number of aromatic nitrogens is 1. The highest BCUT2D eigenvalue weighted by atomic mass is 35.5. The van der Waals surface area contributed by atoms with Gasteiger partial charge in [-0.2, -0.15) is 0 Å². The summed E-state index contributed by atoms with van der Waals surface area (Å²) in [6.07, 6.45) is 1.75. The third-order valence-corrected chi connectivity index (χ3v) is 3.56. The molecule has 0 aliphatic carbocycles. The van der Waals surface area contributed by atoms with E-state index in [0.29, 0.717) is 10.9 Å². The van der Waals surface area contributed by atoms with Gasteiger partial charge >= 0.3 is 0 Å². The van der Waals surface area contributed by atoms with Crippen LogP contribution in [0.25, 0.3) is 0 Å². The van der Waals surface area contributed by atoms with Crippen molar-refractivity contribution in [3.05, 3.63) is 52.7 Å². The Labute approximate surface area is 129 Å². The minimum Gasteiger partial charge on any atom is -0.497 e. The lowest BCUT2D eigenvalue weighted by atomic mass is 10.2. The second-order valence-electron chi connectivity index (χ2n) is 4.49. The van der Waals surface area contributed by atoms with E-state index in [0.717, 1.165) is 29.2 Å². The number of anilines is 1. The molecule has 0 unspecified atom stereocenters. The summed E-state index contributed by atoms with van der Waals surface area (Å²) in [5.74, 6) is 2.00. The van der Waals surface area contributed by atoms with E-state index in [9.17, 15) is 0 Å². The number of methoxy groups -OCH3 is 1. The van der Waals surface area contributed by atoms with Crippen LogP contribution in [0.3, 0.4) is 0 Å². The molecule has 1 aromatic carbocycles. The summed E-state index contributed by atoms with van der Waals surface area (Å²) in [6.45, 7) is 0.719. The lowest BCUT2D eigenvalue weighted by molar-refractivity contribution is 0.414. The summed E-state index contributed by atoms with van der Waals surface area (Å²) < 4.78 is 5.14. The van der Waals surface area contributed by atoms with E-state index >= 15 is 0 Å². The van der Waals surface area contributed by atoms with Gasteiger partial charge in [-0.25, -0.2) is 4.98 Å². The number of ether oxygens (including phenoxy) is 1. The van der Waals surface area contributed by atoms with E-state index in [4.69, 9.17) is 27.9 Å². The van der Waals surface area contributed by atoms with Gasteiger partial charge in [0.05, 0.1) is 12.1 Å². The smallest absolute Gasteiger partial charge is 0.147 e. The van der Waals surface area contributed by atoms with Crippen molar-refractivity contribution in [1.82, 2.24) is 4.98 Å². The molecule has 1 heterocycles. The van der Waals surface area contributed by atoms with Gasteiger partial charge in [-0.05, 0) is 29.3 Å². The zero-order valence-corrected chi connectivity index (χ0v) is 12.9. The quantitative estimate of drug-likeness (QED) is 0.777. The molecular formula is C15H16Cl2N2O. The Kier molecular flexibility index (Phi) is 5.10. The summed E-state index contributed by atoms with van der Waals surface area (Å²) >= 11 is 12.0. The van der Waals surface area contributed by atoms with Crippen molar-refractivity contribution in [3.8, 4) is 5.75 Å². The number of pyridine rings is 1. The molecule has 3 nitrogen and oxygen atoms in total. The van der Waals surface area contributed by atoms with Crippen molar-refractivity contribution >= 4 is 29.0 Å². The first-order valence-corrected chi connectivity index (χ1v) is 7.09. The maximum absolute atomic E-state index is 6.23. The molecule has 1 aromatic heterocycles. The number of halogens is 2. The van der Waals surface area contributed by atoms with Crippen molar-refractivity contribution in [1.29, 1.82) is 0 Å². The summed E-state index contributed by atoms with van der Waals surface area (Å²) in [6, 6.07) is 9.78. The van der Waals surface area contributed by atoms with E-state index in [2.05, 4.69) is 4.98 Å². The molecule has 0 spiro atoms. The molecule has 0 aliphatic heterocycles. The lowest BCUT2D eigenvalue weighted by Crippen LogP contribution is -2.18. The molecule has 0 bridgehead atoms. The van der Waals surface area contributed by atoms with Crippen molar-refractivity contribution < 1.29 is 4.74 Å². The first-order chi connectivity index (χ1) is 9.63. The summed E-state index contributed by atoms with van der Waals surface area (Å²) in [5.41, 5.74) is 2.07. The second-order valence-corrected chi connectivity index (χ2v) is 5.16. The SMILES string of the molecule is COc1ccc(CN(C)c2ncc(CCl)cc2Cl)cc1. The zero-order chi connectivity index (χ0) is 14.5. The number of nitrogens with zero attached hydrogens (tertiary/aromatic N) is 2. The first kappa shape index (κ1) is 14.9. The van der Waals surface area contributed by atoms with Crippen LogP contribution in [-0.4, -0.2) is 19.1 Å². The lowest BCUT2D eigenvalue weighted by Gasteiger charge is -2.20. The number of rotatable bonds is 5. The highest BCUT2D eigenvalue weighted by Crippen LogP contribution is 2.25. The van der Waals surface area contributed by atoms with Crippen LogP contribution in [0.1, 0.15) is 11.1 Å². The Morgan fingerprint density at radius 3 is 2.45 bits per heavy atom. The zero-order valence-electron chi connectivity index (χ0n) is 11.4. The number of benzene rings is 1. The van der Waals surface area contributed by atoms with Gasteiger partial charge in [-0.1, -0.05) is 23.7 Å². The molecular weight excluding hydrogens is 295 g/mol. The highest BCUT2D eigenvalue weighted by molar-refractivity contribution is 6.33. The van der Waals surface area contributed by atoms with Crippen LogP contribution in [0, 0.1) is 0 Å². The van der Waals surface area contributed by atoms with Crippen LogP contribution in [0.15, 0.2) is 36.5 Å². The van der Waals surface area contributed by atoms with Crippen molar-refractivity contribution in [2.45, 2.75) is 12.4 Å². The Morgan fingerprint density at radius 2 is 1.90 bits per heavy atom. The summed E-state index contributed by atoms with van der Waals surface area (Å²) in [4.78, 5) is 6.37. The topological polar surface area (TPSA) is 25.4 Å². The maximum atomic E-state index is 6.23. The second kappa shape index (κ2) is 6.82. The molecule has 0 fully saturated rings. The number of hydrogen-bond acceptors (Lipinski definition) is 3. The van der Waals surface area contributed by atoms with Crippen LogP contribution >= 0.6 is 23.2 Å². The van der Waals surface area contributed by atoms with Gasteiger partial charge in [0.25, 0.3) is 0 Å². The standard InChI is InChI=1S/C15H16Cl2N2O/c1-19(10-11-3-5-13(20-2)6-4-11)15-14(17)7-12(8-16)9-18-15/h3-7,9H,8,10H2,1-2H3. The fraction of sp³-hybridized carbons (Fsp3) is 0.267. The minimum atomic E-state index is 0.412. The van der Waals surface area contributed by atoms with Gasteiger partial charge in [0.2, 0.25) is 0 Å². The largest absolute Gasteiger partial charge is 0.497 e. The van der Waals surface area contributed by atoms with Crippen LogP contribution < -0.4 is 9.64 Å². The molecule has 0 aliphatic rings. The van der Waals surface area contributed by atoms with Gasteiger partial charge in [-0.3, -0.25) is 0 Å². The molecule has 0 atom stereocenters. The molecule has 0 N–H and O–H groups in total. The van der Waals surface area contributed by atoms with E-state index in [-0.39, 0.29) is 0 Å². The van der Waals surface area contributed by atoms with E-state index < -0.39 is 0 Å². The molecule has 0 saturated carbocycles. The maximum Gasteiger partial charge on any atom is 0.147 e. The van der Waals surface area contributed by atoms with Gasteiger partial charge in [0.1, 0.15) is 11.6 Å². The Bertz CT molecular complexity index is 573. The minimum absolute atomic E-state index is 0.412. The fourth-order valence-electron chi connectivity index (χ4n) is 1.90. The van der Waals surface area contributed by atoms with E-state index in [1.807, 2.05) is 42.3 Å². The van der Waals surface area contributed by atoms with Gasteiger partial charge in [0.15, 0.2) is 0 Å². The predicted molar refractivity (Wildman–Crippen MR) is 83.9 cm³/mol. The van der Waals surface area contributed by atoms with Gasteiger partial charge in [0, 0.05) is 25.7 Å². The normalized spacial score (nSPS) is 10.4. The molecule has 2 aromatic rings. The van der Waals surface area contributed by atoms with Crippen LogP contribution in [0.2, 0.25) is 5.02 Å². The van der Waals surface area contributed by atoms with Crippen molar-refractivity contribution in [2.75, 3.05) is 19.1 Å². The average molecular weight is 311 g/mol. The summed E-state index contributed by atoms with van der Waals surface area (Å²) in [5, 5.41) is 0.610. The van der Waals surface area contributed by atoms with Crippen LogP contribution in [0.5, 0.6) is 5.75 Å². The average Bonchev–Trinajstić information content (AvgIpc) is 2.47. The Morgan fingerprint density at radius 1 is 1.20 bits per heavy atom. The van der Waals surface area contributed by atoms with Crippen molar-refractivity contribution in [2.24, 2.45) is 0 Å². The van der Waals surface area contributed by atoms with Crippen LogP contribution in [-0.2, 0) is 12.4 Å². The highest BCUT2D eigenvalue weighted by Gasteiger charge is 2.09. The molecule has 106 valence electrons. The van der Waals surface area contributed by atoms with E-state index in [1.54, 1.807) is 13.3 Å². The van der Waals surface area contributed by atoms with Crippen LogP contribution in [0.4, 0.5) is 5.82 Å². The number of alkyl halides is 1. The third-order valence-electron chi connectivity index (χ3n) is 2.97. The molecule has 0 amide bonds. The molecule has 2 rings (SSSR count). The van der Waals surface area contributed by atoms with Gasteiger partial charge < -0.3 is 9.64 Å². The third kappa shape index (κ3) is 3.56. The summed E-state index contributed by atoms with van der Waals surface area (Å²) in [7, 11) is 3.61. The molecule has 5 heteroatoms. The van der Waals surface area contributed by atoms with Crippen molar-refractivity contribution in [3.63, 3.8) is 0 Å². The van der Waals surface area contributed by atoms with E-state index in [1.165, 1.54) is 0 Å². The molecule has 20 heavy (non-hydrogen) atoms. The Hall–Kier alpha value is -1.45. The predicted octanol–water partition coefficient (Wildman–Crippen LogP) is 4.12. The van der Waals surface area contributed by atoms with Gasteiger partial charge in [-0.15, -0.1) is 11.6 Å². The fourth-order valence-corrected chi connectivity index (χ4v) is 2.38. The number of hydrogen-bond donors (Lipinski definition) is 0. The molecule has 0 radical (unpaired) electrons. The first-order valence-electron chi connectivity index (χ1n) is 6.18.